The van der Waals surface area contributed by atoms with Gasteiger partial charge in [-0.05, 0) is 18.2 Å². The molecule has 4 aliphatic heterocycles. The molecule has 0 aliphatic carbocycles. The summed E-state index contributed by atoms with van der Waals surface area (Å²) in [5, 5.41) is 6.93. The molecule has 2 aromatic rings. The first-order valence-corrected chi connectivity index (χ1v) is 12.2. The molecule has 2 saturated heterocycles. The molecule has 2 fully saturated rings. The standard InChI is InChI=1S/C23H26N7OS/c31-22(27-12-14-32-18-27)19-15-21-7-4-13-30(21,16-19)28-10-8-26(9-11-28)23-24-17-25-29(23)20-5-2-1-3-6-20/h1-7,13,15,17H,8-12,14,16,18H2/q+1/t30-/m1/s1. The Morgan fingerprint density at radius 1 is 1.06 bits per heavy atom. The van der Waals surface area contributed by atoms with Gasteiger partial charge in [0, 0.05) is 37.5 Å². The van der Waals surface area contributed by atoms with Gasteiger partial charge in [0.05, 0.1) is 30.2 Å². The molecule has 4 aliphatic rings. The molecule has 1 aromatic carbocycles. The molecular formula is C23H26N7OS+. The van der Waals surface area contributed by atoms with Crippen molar-refractivity contribution in [2.75, 3.05) is 55.8 Å². The van der Waals surface area contributed by atoms with Crippen molar-refractivity contribution in [3.8, 4) is 5.69 Å². The van der Waals surface area contributed by atoms with Gasteiger partial charge in [0.2, 0.25) is 5.95 Å². The predicted octanol–water partition coefficient (Wildman–Crippen LogP) is 2.01. The maximum Gasteiger partial charge on any atom is 0.256 e. The van der Waals surface area contributed by atoms with E-state index in [-0.39, 0.29) is 5.91 Å². The monoisotopic (exact) mass is 448 g/mol. The smallest absolute Gasteiger partial charge is 0.256 e. The fourth-order valence-corrected chi connectivity index (χ4v) is 5.95. The summed E-state index contributed by atoms with van der Waals surface area (Å²) in [4.78, 5) is 21.9. The molecule has 6 rings (SSSR count). The molecule has 164 valence electrons. The van der Waals surface area contributed by atoms with E-state index >= 15 is 0 Å². The van der Waals surface area contributed by atoms with Crippen molar-refractivity contribution in [3.63, 3.8) is 0 Å². The Kier molecular flexibility index (Phi) is 4.89. The van der Waals surface area contributed by atoms with Gasteiger partial charge >= 0.3 is 0 Å². The number of carbonyl (C=O) groups is 1. The van der Waals surface area contributed by atoms with Crippen LogP contribution >= 0.6 is 11.8 Å². The number of quaternary nitrogens is 1. The topological polar surface area (TPSA) is 57.5 Å². The molecular weight excluding hydrogens is 422 g/mol. The maximum atomic E-state index is 13.0. The summed E-state index contributed by atoms with van der Waals surface area (Å²) in [6, 6.07) is 10.1. The van der Waals surface area contributed by atoms with Crippen LogP contribution in [0.3, 0.4) is 0 Å². The van der Waals surface area contributed by atoms with Crippen LogP contribution in [0, 0.1) is 0 Å². The summed E-state index contributed by atoms with van der Waals surface area (Å²) in [7, 11) is 0. The number of nitrogens with zero attached hydrogens (tertiary/aromatic N) is 7. The SMILES string of the molecule is O=C(C1=CC2=CC=C[N@@+]2(N2CCN(c3ncnn3-c3ccccc3)CC2)C1)N1CCSC1. The largest absolute Gasteiger partial charge is 0.338 e. The van der Waals surface area contributed by atoms with Gasteiger partial charge in [-0.2, -0.15) is 19.4 Å². The first-order valence-electron chi connectivity index (χ1n) is 11.1. The van der Waals surface area contributed by atoms with Gasteiger partial charge in [-0.15, -0.1) is 16.8 Å². The van der Waals surface area contributed by atoms with Crippen LogP contribution in [0.1, 0.15) is 0 Å². The summed E-state index contributed by atoms with van der Waals surface area (Å²) in [6.45, 7) is 5.06. The molecule has 1 aromatic heterocycles. The Labute approximate surface area is 191 Å². The highest BCUT2D eigenvalue weighted by Gasteiger charge is 2.48. The molecule has 32 heavy (non-hydrogen) atoms. The van der Waals surface area contributed by atoms with E-state index in [1.165, 1.54) is 5.70 Å². The number of carbonyl (C=O) groups excluding carboxylic acids is 1. The van der Waals surface area contributed by atoms with E-state index in [0.29, 0.717) is 11.1 Å². The molecule has 1 atom stereocenters. The lowest BCUT2D eigenvalue weighted by Crippen LogP contribution is -2.60. The Morgan fingerprint density at radius 3 is 2.69 bits per heavy atom. The van der Waals surface area contributed by atoms with Crippen molar-refractivity contribution in [2.24, 2.45) is 0 Å². The minimum atomic E-state index is 0.200. The lowest BCUT2D eigenvalue weighted by Gasteiger charge is -2.43. The quantitative estimate of drug-likeness (QED) is 0.667. The van der Waals surface area contributed by atoms with Crippen LogP contribution in [0.5, 0.6) is 0 Å². The summed E-state index contributed by atoms with van der Waals surface area (Å²) in [5.74, 6) is 2.93. The third-order valence-corrected chi connectivity index (χ3v) is 7.63. The Hall–Kier alpha value is -2.88. The van der Waals surface area contributed by atoms with Gasteiger partial charge in [0.25, 0.3) is 5.91 Å². The molecule has 8 nitrogen and oxygen atoms in total. The molecule has 5 heterocycles. The summed E-state index contributed by atoms with van der Waals surface area (Å²) < 4.78 is 2.55. The van der Waals surface area contributed by atoms with Crippen LogP contribution in [0.25, 0.3) is 5.69 Å². The normalized spacial score (nSPS) is 25.2. The molecule has 0 unspecified atom stereocenters. The zero-order valence-electron chi connectivity index (χ0n) is 17.9. The predicted molar refractivity (Wildman–Crippen MR) is 125 cm³/mol. The van der Waals surface area contributed by atoms with E-state index in [0.717, 1.165) is 61.6 Å². The molecule has 9 heteroatoms. The zero-order valence-corrected chi connectivity index (χ0v) is 18.7. The lowest BCUT2D eigenvalue weighted by atomic mass is 10.2. The van der Waals surface area contributed by atoms with E-state index in [2.05, 4.69) is 44.4 Å². The number of thioether (sulfide) groups is 1. The molecule has 0 bridgehead atoms. The second kappa shape index (κ2) is 7.91. The van der Waals surface area contributed by atoms with Crippen molar-refractivity contribution in [1.82, 2.24) is 24.7 Å². The van der Waals surface area contributed by atoms with Crippen LogP contribution in [0.15, 0.2) is 72.4 Å². The Bertz CT molecular complexity index is 1110. The average molecular weight is 449 g/mol. The van der Waals surface area contributed by atoms with Gasteiger partial charge in [0.15, 0.2) is 5.70 Å². The number of amides is 1. The number of rotatable bonds is 4. The third-order valence-electron chi connectivity index (χ3n) is 6.67. The number of aromatic nitrogens is 3. The average Bonchev–Trinajstić information content (AvgIpc) is 3.63. The fraction of sp³-hybridized carbons (Fsp3) is 0.348. The van der Waals surface area contributed by atoms with Gasteiger partial charge in [-0.1, -0.05) is 18.2 Å². The maximum absolute atomic E-state index is 13.0. The highest BCUT2D eigenvalue weighted by Crippen LogP contribution is 2.38. The summed E-state index contributed by atoms with van der Waals surface area (Å²) >= 11 is 1.83. The molecule has 1 amide bonds. The summed E-state index contributed by atoms with van der Waals surface area (Å²) in [6.07, 6.45) is 10.2. The highest BCUT2D eigenvalue weighted by molar-refractivity contribution is 7.99. The van der Waals surface area contributed by atoms with Crippen LogP contribution in [-0.2, 0) is 4.79 Å². The van der Waals surface area contributed by atoms with Gasteiger partial charge < -0.3 is 9.80 Å². The minimum absolute atomic E-state index is 0.200. The molecule has 0 spiro atoms. The van der Waals surface area contributed by atoms with Crippen molar-refractivity contribution in [1.29, 1.82) is 0 Å². The van der Waals surface area contributed by atoms with Gasteiger partial charge in [0.1, 0.15) is 19.1 Å². The first-order chi connectivity index (χ1) is 15.7. The second-order valence-electron chi connectivity index (χ2n) is 8.44. The number of allylic oxidation sites excluding steroid dienone is 3. The first kappa shape index (κ1) is 19.8. The zero-order chi connectivity index (χ0) is 21.5. The third kappa shape index (κ3) is 3.19. The van der Waals surface area contributed by atoms with Crippen molar-refractivity contribution in [2.45, 2.75) is 0 Å². The van der Waals surface area contributed by atoms with Crippen molar-refractivity contribution in [3.05, 3.63) is 72.4 Å². The highest BCUT2D eigenvalue weighted by atomic mass is 32.2. The van der Waals surface area contributed by atoms with Gasteiger partial charge in [-0.3, -0.25) is 4.79 Å². The number of benzene rings is 1. The van der Waals surface area contributed by atoms with Crippen LogP contribution in [-0.4, -0.2) is 86.1 Å². The number of fused-ring (bicyclic) bond motifs is 1. The van der Waals surface area contributed by atoms with E-state index in [9.17, 15) is 4.79 Å². The fourth-order valence-electron chi connectivity index (χ4n) is 5.01. The van der Waals surface area contributed by atoms with E-state index in [1.54, 1.807) is 6.33 Å². The van der Waals surface area contributed by atoms with E-state index < -0.39 is 0 Å². The van der Waals surface area contributed by atoms with E-state index in [4.69, 9.17) is 0 Å². The number of piperazine rings is 1. The number of hydrogen-bond acceptors (Lipinski definition) is 6. The second-order valence-corrected chi connectivity index (χ2v) is 9.52. The molecule has 0 radical (unpaired) electrons. The Morgan fingerprint density at radius 2 is 1.91 bits per heavy atom. The Balaban J connectivity index is 1.17. The van der Waals surface area contributed by atoms with Crippen LogP contribution in [0.4, 0.5) is 5.95 Å². The number of hydrogen-bond donors (Lipinski definition) is 0. The molecule has 0 saturated carbocycles. The van der Waals surface area contributed by atoms with Crippen LogP contribution in [0.2, 0.25) is 0 Å². The minimum Gasteiger partial charge on any atom is -0.338 e. The summed E-state index contributed by atoms with van der Waals surface area (Å²) in [5.41, 5.74) is 3.14. The molecule has 0 N–H and O–H groups in total. The van der Waals surface area contributed by atoms with Crippen LogP contribution < -0.4 is 4.90 Å². The number of para-hydroxylation sites is 1. The lowest BCUT2D eigenvalue weighted by molar-refractivity contribution is -0.948. The number of anilines is 1. The van der Waals surface area contributed by atoms with Gasteiger partial charge in [-0.25, -0.2) is 0 Å². The van der Waals surface area contributed by atoms with E-state index in [1.807, 2.05) is 51.7 Å². The van der Waals surface area contributed by atoms with Crippen molar-refractivity contribution < 1.29 is 9.39 Å². The van der Waals surface area contributed by atoms with Crippen molar-refractivity contribution >= 4 is 23.6 Å².